The number of carbonyl (C=O) groups is 4. The van der Waals surface area contributed by atoms with Gasteiger partial charge in [0.15, 0.2) is 0 Å². The molecule has 0 bridgehead atoms. The van der Waals surface area contributed by atoms with Crippen LogP contribution in [-0.4, -0.2) is 97.6 Å². The molecule has 13 heteroatoms. The first-order chi connectivity index (χ1) is 24.4. The number of nitrogens with one attached hydrogen (secondary N) is 1. The Morgan fingerprint density at radius 3 is 2.58 bits per heavy atom. The summed E-state index contributed by atoms with van der Waals surface area (Å²) in [4.78, 5) is 59.7. The lowest BCUT2D eigenvalue weighted by molar-refractivity contribution is -0.149. The largest absolute Gasteiger partial charge is 0.463 e. The number of hydrogen-bond donors (Lipinski definition) is 2. The number of aliphatic hydroxyl groups is 1. The lowest BCUT2D eigenvalue weighted by atomic mass is 9.77. The van der Waals surface area contributed by atoms with Gasteiger partial charge in [0.05, 0.1) is 29.5 Å². The molecule has 0 aliphatic carbocycles. The Bertz CT molecular complexity index is 1790. The van der Waals surface area contributed by atoms with Crippen LogP contribution in [0.4, 0.5) is 0 Å². The quantitative estimate of drug-likeness (QED) is 0.197. The first kappa shape index (κ1) is 33.6. The van der Waals surface area contributed by atoms with Crippen LogP contribution in [0.5, 0.6) is 0 Å². The van der Waals surface area contributed by atoms with E-state index in [2.05, 4.69) is 15.6 Å². The van der Waals surface area contributed by atoms with E-state index < -0.39 is 41.5 Å². The number of carbonyl (C=O) groups excluding carboxylic acids is 4. The molecule has 7 rings (SSSR count). The molecular formula is C37H42N6O7. The van der Waals surface area contributed by atoms with Crippen LogP contribution in [0.1, 0.15) is 50.1 Å². The Balaban J connectivity index is 1.25. The molecule has 2 saturated heterocycles. The summed E-state index contributed by atoms with van der Waals surface area (Å²) in [7, 11) is 0. The van der Waals surface area contributed by atoms with Gasteiger partial charge in [0.2, 0.25) is 11.8 Å². The average molecular weight is 683 g/mol. The molecule has 4 aliphatic rings. The normalized spacial score (nSPS) is 29.0. The third-order valence-corrected chi connectivity index (χ3v) is 10.2. The van der Waals surface area contributed by atoms with E-state index >= 15 is 0 Å². The van der Waals surface area contributed by atoms with Crippen molar-refractivity contribution in [3.8, 4) is 0 Å². The maximum absolute atomic E-state index is 14.8. The van der Waals surface area contributed by atoms with Crippen LogP contribution in [0.2, 0.25) is 0 Å². The molecule has 262 valence electrons. The number of nitrogens with zero attached hydrogens (tertiary/aromatic N) is 5. The second-order valence-corrected chi connectivity index (χ2v) is 13.3. The SMILES string of the molecule is O=C1CC/C=C\[C@H]2O[C@]34C=CCN(Cn5nnc6ccccc65)C(=O)[C@H]3N(CCCCCCO)C(=O)[C@@H]4[C@H]2C(=O)N[C@H](c2ccccc2)CO1. The smallest absolute Gasteiger partial charge is 0.306 e. The van der Waals surface area contributed by atoms with E-state index in [0.717, 1.165) is 23.9 Å². The number of esters is 1. The lowest BCUT2D eigenvalue weighted by Gasteiger charge is -2.35. The second-order valence-electron chi connectivity index (χ2n) is 13.3. The van der Waals surface area contributed by atoms with Gasteiger partial charge in [0.1, 0.15) is 30.4 Å². The van der Waals surface area contributed by atoms with E-state index in [4.69, 9.17) is 9.47 Å². The average Bonchev–Trinajstić information content (AvgIpc) is 3.72. The zero-order valence-corrected chi connectivity index (χ0v) is 27.8. The summed E-state index contributed by atoms with van der Waals surface area (Å²) in [5, 5.41) is 20.9. The van der Waals surface area contributed by atoms with Crippen molar-refractivity contribution in [3.05, 3.63) is 84.5 Å². The highest BCUT2D eigenvalue weighted by atomic mass is 16.5. The van der Waals surface area contributed by atoms with Gasteiger partial charge in [-0.05, 0) is 37.0 Å². The summed E-state index contributed by atoms with van der Waals surface area (Å²) in [5.74, 6) is -3.34. The molecule has 0 saturated carbocycles. The molecular weight excluding hydrogens is 640 g/mol. The van der Waals surface area contributed by atoms with Gasteiger partial charge in [-0.3, -0.25) is 19.2 Å². The second kappa shape index (κ2) is 14.5. The van der Waals surface area contributed by atoms with Crippen molar-refractivity contribution >= 4 is 34.7 Å². The fourth-order valence-electron chi connectivity index (χ4n) is 7.78. The summed E-state index contributed by atoms with van der Waals surface area (Å²) < 4.78 is 14.1. The van der Waals surface area contributed by atoms with Gasteiger partial charge >= 0.3 is 5.97 Å². The molecule has 1 aromatic heterocycles. The van der Waals surface area contributed by atoms with Crippen molar-refractivity contribution in [2.24, 2.45) is 11.8 Å². The molecule has 6 atom stereocenters. The monoisotopic (exact) mass is 682 g/mol. The van der Waals surface area contributed by atoms with Gasteiger partial charge in [0, 0.05) is 26.1 Å². The summed E-state index contributed by atoms with van der Waals surface area (Å²) in [6.07, 6.45) is 9.71. The number of cyclic esters (lactones) is 1. The topological polar surface area (TPSA) is 156 Å². The van der Waals surface area contributed by atoms with Gasteiger partial charge in [-0.2, -0.15) is 0 Å². The van der Waals surface area contributed by atoms with Crippen molar-refractivity contribution in [2.45, 2.75) is 69.0 Å². The Labute approximate surface area is 289 Å². The third-order valence-electron chi connectivity index (χ3n) is 10.2. The van der Waals surface area contributed by atoms with Gasteiger partial charge in [-0.1, -0.05) is 84.8 Å². The number of aliphatic hydroxyl groups excluding tert-OH is 1. The molecule has 0 radical (unpaired) electrons. The molecule has 0 unspecified atom stereocenters. The highest BCUT2D eigenvalue weighted by molar-refractivity contribution is 5.99. The van der Waals surface area contributed by atoms with Crippen molar-refractivity contribution in [1.82, 2.24) is 30.1 Å². The molecule has 2 aromatic carbocycles. The Morgan fingerprint density at radius 1 is 0.940 bits per heavy atom. The summed E-state index contributed by atoms with van der Waals surface area (Å²) in [5.41, 5.74) is 0.822. The summed E-state index contributed by atoms with van der Waals surface area (Å²) >= 11 is 0. The molecule has 3 amide bonds. The van der Waals surface area contributed by atoms with E-state index in [0.29, 0.717) is 31.3 Å². The standard InChI is InChI=1S/C37H42N6O7/c44-22-11-2-1-10-21-42-33-36(48)41(24-43-28-16-7-6-15-26(28)39-40-43)20-12-19-37(33)32(35(42)47)31-29(50-37)17-8-9-18-30(45)49-23-27(38-34(31)46)25-13-4-3-5-14-25/h3-8,12-17,19,27,29,31-33,44H,1-2,9-11,18,20-24H2,(H,38,46)/b17-8-/t27-,29+,31-,32-,33+,37-/m0/s1. The zero-order valence-electron chi connectivity index (χ0n) is 27.8. The minimum atomic E-state index is -1.41. The number of likely N-dealkylation sites (tertiary alicyclic amines) is 1. The fourth-order valence-corrected chi connectivity index (χ4v) is 7.78. The first-order valence-electron chi connectivity index (χ1n) is 17.4. The van der Waals surface area contributed by atoms with Crippen molar-refractivity contribution in [1.29, 1.82) is 0 Å². The van der Waals surface area contributed by atoms with Crippen molar-refractivity contribution in [3.63, 3.8) is 0 Å². The Hall–Kier alpha value is -4.88. The van der Waals surface area contributed by atoms with Crippen molar-refractivity contribution < 1.29 is 33.8 Å². The number of rotatable bonds is 9. The predicted molar refractivity (Wildman–Crippen MR) is 181 cm³/mol. The molecule has 3 aromatic rings. The molecule has 2 N–H and O–H groups in total. The number of fused-ring (bicyclic) bond motifs is 3. The minimum absolute atomic E-state index is 0.0623. The highest BCUT2D eigenvalue weighted by Crippen LogP contribution is 2.53. The first-order valence-corrected chi connectivity index (χ1v) is 17.4. The lowest BCUT2D eigenvalue weighted by Crippen LogP contribution is -2.55. The number of benzene rings is 2. The number of amides is 3. The molecule has 4 aliphatic heterocycles. The van der Waals surface area contributed by atoms with Crippen LogP contribution in [0.25, 0.3) is 11.0 Å². The number of hydrogen-bond acceptors (Lipinski definition) is 9. The van der Waals surface area contributed by atoms with Crippen LogP contribution in [-0.2, 0) is 35.3 Å². The van der Waals surface area contributed by atoms with E-state index in [-0.39, 0.29) is 50.6 Å². The summed E-state index contributed by atoms with van der Waals surface area (Å²) in [6.45, 7) is 0.682. The maximum Gasteiger partial charge on any atom is 0.306 e. The predicted octanol–water partition coefficient (Wildman–Crippen LogP) is 2.67. The minimum Gasteiger partial charge on any atom is -0.463 e. The summed E-state index contributed by atoms with van der Waals surface area (Å²) in [6, 6.07) is 15.1. The number of aromatic nitrogens is 3. The van der Waals surface area contributed by atoms with Crippen LogP contribution in [0.3, 0.4) is 0 Å². The molecule has 50 heavy (non-hydrogen) atoms. The number of para-hydroxylation sites is 1. The van der Waals surface area contributed by atoms with Crippen LogP contribution in [0.15, 0.2) is 78.9 Å². The fraction of sp³-hybridized carbons (Fsp3) is 0.459. The van der Waals surface area contributed by atoms with E-state index in [1.54, 1.807) is 26.6 Å². The number of ether oxygens (including phenoxy) is 2. The van der Waals surface area contributed by atoms with Crippen LogP contribution < -0.4 is 5.32 Å². The van der Waals surface area contributed by atoms with E-state index in [9.17, 15) is 24.3 Å². The Morgan fingerprint density at radius 2 is 1.74 bits per heavy atom. The third kappa shape index (κ3) is 6.31. The molecule has 5 heterocycles. The zero-order chi connectivity index (χ0) is 34.7. The molecule has 1 spiro atoms. The number of allylic oxidation sites excluding steroid dienone is 1. The van der Waals surface area contributed by atoms with E-state index in [1.165, 1.54) is 0 Å². The van der Waals surface area contributed by atoms with Gasteiger partial charge in [0.25, 0.3) is 5.91 Å². The molecule has 13 nitrogen and oxygen atoms in total. The maximum atomic E-state index is 14.8. The van der Waals surface area contributed by atoms with Gasteiger partial charge in [-0.15, -0.1) is 5.10 Å². The van der Waals surface area contributed by atoms with Gasteiger partial charge in [-0.25, -0.2) is 4.68 Å². The highest BCUT2D eigenvalue weighted by Gasteiger charge is 2.71. The van der Waals surface area contributed by atoms with Crippen LogP contribution in [0, 0.1) is 11.8 Å². The van der Waals surface area contributed by atoms with E-state index in [1.807, 2.05) is 66.7 Å². The van der Waals surface area contributed by atoms with Gasteiger partial charge < -0.3 is 29.7 Å². The van der Waals surface area contributed by atoms with Crippen LogP contribution >= 0.6 is 0 Å². The number of unbranched alkanes of at least 4 members (excludes halogenated alkanes) is 3. The Kier molecular flexibility index (Phi) is 9.77. The molecule has 2 fully saturated rings. The van der Waals surface area contributed by atoms with Crippen molar-refractivity contribution in [2.75, 3.05) is 26.3 Å².